The Morgan fingerprint density at radius 1 is 1.18 bits per heavy atom. The second-order valence-corrected chi connectivity index (χ2v) is 11.0. The van der Waals surface area contributed by atoms with Gasteiger partial charge in [0.15, 0.2) is 0 Å². The number of nitrogens with zero attached hydrogens (tertiary/aromatic N) is 4. The standard InChI is InChI=1S/C27H32F3N5O3S/c1-4-5-12-38-23(36)17-6-8-18(9-7-17)26(3,37)24-32-15-21(39-24)20-14-19(13-16(2)33-20)34-25-31-11-10-22(35-25)27(28,29)30/h10-11,13-15,17-18,37H,4-9,12H2,1-3H3,(H,31,33,34,35)/t17?,18?,26-/m0/s1. The second kappa shape index (κ2) is 12.0. The van der Waals surface area contributed by atoms with Crippen LogP contribution in [0.15, 0.2) is 30.6 Å². The molecule has 0 unspecified atom stereocenters. The van der Waals surface area contributed by atoms with Crippen LogP contribution in [0.25, 0.3) is 10.6 Å². The van der Waals surface area contributed by atoms with Crippen molar-refractivity contribution >= 4 is 28.9 Å². The number of ether oxygens (including phenoxy) is 1. The first-order valence-corrected chi connectivity index (χ1v) is 13.8. The van der Waals surface area contributed by atoms with Gasteiger partial charge in [-0.1, -0.05) is 13.3 Å². The molecule has 1 aliphatic rings. The number of anilines is 2. The Morgan fingerprint density at radius 2 is 1.92 bits per heavy atom. The Kier molecular flexibility index (Phi) is 8.85. The van der Waals surface area contributed by atoms with E-state index in [2.05, 4.69) is 25.3 Å². The molecule has 12 heteroatoms. The fourth-order valence-electron chi connectivity index (χ4n) is 4.70. The molecule has 1 saturated carbocycles. The largest absolute Gasteiger partial charge is 0.465 e. The van der Waals surface area contributed by atoms with E-state index in [9.17, 15) is 23.1 Å². The van der Waals surface area contributed by atoms with Crippen molar-refractivity contribution in [1.82, 2.24) is 19.9 Å². The molecule has 0 radical (unpaired) electrons. The topological polar surface area (TPSA) is 110 Å². The van der Waals surface area contributed by atoms with E-state index in [0.717, 1.165) is 25.1 Å². The number of alkyl halides is 3. The van der Waals surface area contributed by atoms with Gasteiger partial charge in [-0.15, -0.1) is 11.3 Å². The van der Waals surface area contributed by atoms with Crippen LogP contribution in [-0.2, 0) is 21.3 Å². The van der Waals surface area contributed by atoms with E-state index < -0.39 is 17.5 Å². The van der Waals surface area contributed by atoms with E-state index in [4.69, 9.17) is 4.74 Å². The maximum atomic E-state index is 13.0. The van der Waals surface area contributed by atoms with Gasteiger partial charge in [0.1, 0.15) is 16.3 Å². The van der Waals surface area contributed by atoms with E-state index in [-0.39, 0.29) is 23.8 Å². The van der Waals surface area contributed by atoms with Crippen LogP contribution in [0.4, 0.5) is 24.8 Å². The molecule has 0 aliphatic heterocycles. The number of carbonyl (C=O) groups is 1. The van der Waals surface area contributed by atoms with E-state index in [1.165, 1.54) is 11.3 Å². The lowest BCUT2D eigenvalue weighted by atomic mass is 9.74. The summed E-state index contributed by atoms with van der Waals surface area (Å²) in [5.74, 6) is -0.524. The van der Waals surface area contributed by atoms with Crippen molar-refractivity contribution in [1.29, 1.82) is 0 Å². The predicted octanol–water partition coefficient (Wildman–Crippen LogP) is 6.42. The molecule has 1 fully saturated rings. The fourth-order valence-corrected chi connectivity index (χ4v) is 5.70. The molecule has 8 nitrogen and oxygen atoms in total. The molecule has 0 bridgehead atoms. The van der Waals surface area contributed by atoms with Crippen molar-refractivity contribution in [2.45, 2.75) is 71.1 Å². The summed E-state index contributed by atoms with van der Waals surface area (Å²) >= 11 is 1.31. The summed E-state index contributed by atoms with van der Waals surface area (Å²) in [7, 11) is 0. The monoisotopic (exact) mass is 563 g/mol. The van der Waals surface area contributed by atoms with Crippen LogP contribution in [-0.4, -0.2) is 37.6 Å². The van der Waals surface area contributed by atoms with Gasteiger partial charge in [0, 0.05) is 23.8 Å². The first-order valence-electron chi connectivity index (χ1n) is 13.0. The number of aromatic nitrogens is 4. The number of pyridine rings is 1. The molecular weight excluding hydrogens is 531 g/mol. The number of unbranched alkanes of at least 4 members (excludes halogenated alkanes) is 1. The molecular formula is C27H32F3N5O3S. The van der Waals surface area contributed by atoms with Gasteiger partial charge in [0.05, 0.1) is 23.1 Å². The summed E-state index contributed by atoms with van der Waals surface area (Å²) in [6.07, 6.45) is 2.63. The van der Waals surface area contributed by atoms with Crippen LogP contribution >= 0.6 is 11.3 Å². The normalized spacial score (nSPS) is 19.4. The molecule has 0 spiro atoms. The predicted molar refractivity (Wildman–Crippen MR) is 141 cm³/mol. The second-order valence-electron chi connectivity index (χ2n) is 10.0. The molecule has 0 amide bonds. The summed E-state index contributed by atoms with van der Waals surface area (Å²) in [5.41, 5.74) is -0.558. The molecule has 1 atom stereocenters. The Hall–Kier alpha value is -3.12. The maximum Gasteiger partial charge on any atom is 0.433 e. The van der Waals surface area contributed by atoms with Gasteiger partial charge in [-0.05, 0) is 70.1 Å². The SMILES string of the molecule is CCCCOC(=O)C1CCC([C@](C)(O)c2ncc(-c3cc(Nc4nccc(C(F)(F)F)n4)cc(C)n3)s2)CC1. The van der Waals surface area contributed by atoms with Crippen LogP contribution in [0.2, 0.25) is 0 Å². The van der Waals surface area contributed by atoms with Crippen molar-refractivity contribution in [2.24, 2.45) is 11.8 Å². The van der Waals surface area contributed by atoms with E-state index in [1.54, 1.807) is 32.2 Å². The lowest BCUT2D eigenvalue weighted by molar-refractivity contribution is -0.151. The molecule has 4 rings (SSSR count). The van der Waals surface area contributed by atoms with Gasteiger partial charge in [0.2, 0.25) is 5.95 Å². The van der Waals surface area contributed by atoms with Crippen LogP contribution in [0.1, 0.15) is 68.8 Å². The van der Waals surface area contributed by atoms with Gasteiger partial charge in [-0.3, -0.25) is 9.78 Å². The highest BCUT2D eigenvalue weighted by atomic mass is 32.1. The van der Waals surface area contributed by atoms with E-state index in [0.29, 0.717) is 59.3 Å². The maximum absolute atomic E-state index is 13.0. The van der Waals surface area contributed by atoms with Gasteiger partial charge < -0.3 is 15.2 Å². The molecule has 3 aromatic heterocycles. The number of hydrogen-bond donors (Lipinski definition) is 2. The van der Waals surface area contributed by atoms with Crippen molar-refractivity contribution in [2.75, 3.05) is 11.9 Å². The van der Waals surface area contributed by atoms with E-state index in [1.807, 2.05) is 6.92 Å². The Morgan fingerprint density at radius 3 is 2.62 bits per heavy atom. The fraction of sp³-hybridized carbons (Fsp3) is 0.519. The Balaban J connectivity index is 1.45. The van der Waals surface area contributed by atoms with Gasteiger partial charge in [-0.25, -0.2) is 15.0 Å². The van der Waals surface area contributed by atoms with Crippen LogP contribution in [0.5, 0.6) is 0 Å². The minimum atomic E-state index is -4.58. The van der Waals surface area contributed by atoms with Crippen LogP contribution < -0.4 is 5.32 Å². The third-order valence-electron chi connectivity index (χ3n) is 6.94. The molecule has 1 aliphatic carbocycles. The van der Waals surface area contributed by atoms with Gasteiger partial charge >= 0.3 is 12.1 Å². The molecule has 0 aromatic carbocycles. The quantitative estimate of drug-likeness (QED) is 0.227. The molecule has 2 N–H and O–H groups in total. The summed E-state index contributed by atoms with van der Waals surface area (Å²) in [6, 6.07) is 4.17. The summed E-state index contributed by atoms with van der Waals surface area (Å²) in [4.78, 5) is 29.5. The number of aliphatic hydroxyl groups is 1. The molecule has 3 aromatic rings. The minimum Gasteiger partial charge on any atom is -0.465 e. The minimum absolute atomic E-state index is 0.0584. The number of aryl methyl sites for hydroxylation is 1. The van der Waals surface area contributed by atoms with Crippen LogP contribution in [0, 0.1) is 18.8 Å². The highest BCUT2D eigenvalue weighted by Gasteiger charge is 2.40. The van der Waals surface area contributed by atoms with Crippen molar-refractivity contribution in [3.63, 3.8) is 0 Å². The van der Waals surface area contributed by atoms with E-state index >= 15 is 0 Å². The first-order chi connectivity index (χ1) is 18.5. The molecule has 3 heterocycles. The summed E-state index contributed by atoms with van der Waals surface area (Å²) in [6.45, 7) is 6.02. The lowest BCUT2D eigenvalue weighted by Crippen LogP contribution is -2.36. The number of rotatable bonds is 9. The van der Waals surface area contributed by atoms with Crippen molar-refractivity contribution in [3.8, 4) is 10.6 Å². The third-order valence-corrected chi connectivity index (χ3v) is 8.19. The zero-order chi connectivity index (χ0) is 28.2. The summed E-state index contributed by atoms with van der Waals surface area (Å²) < 4.78 is 44.5. The highest BCUT2D eigenvalue weighted by Crippen LogP contribution is 2.43. The highest BCUT2D eigenvalue weighted by molar-refractivity contribution is 7.15. The number of nitrogens with one attached hydrogen (secondary N) is 1. The number of halogens is 3. The molecule has 0 saturated heterocycles. The van der Waals surface area contributed by atoms with Crippen molar-refractivity contribution < 1.29 is 27.8 Å². The molecule has 210 valence electrons. The van der Waals surface area contributed by atoms with Gasteiger partial charge in [0.25, 0.3) is 0 Å². The zero-order valence-electron chi connectivity index (χ0n) is 22.1. The number of esters is 1. The number of carbonyl (C=O) groups excluding carboxylic acids is 1. The number of thiazole rings is 1. The number of hydrogen-bond acceptors (Lipinski definition) is 9. The zero-order valence-corrected chi connectivity index (χ0v) is 22.9. The smallest absolute Gasteiger partial charge is 0.433 e. The Labute approximate surface area is 229 Å². The molecule has 39 heavy (non-hydrogen) atoms. The van der Waals surface area contributed by atoms with Crippen LogP contribution in [0.3, 0.4) is 0 Å². The summed E-state index contributed by atoms with van der Waals surface area (Å²) in [5, 5.41) is 14.8. The third kappa shape index (κ3) is 7.10. The van der Waals surface area contributed by atoms with Crippen molar-refractivity contribution in [3.05, 3.63) is 47.0 Å². The lowest BCUT2D eigenvalue weighted by Gasteiger charge is -2.36. The first kappa shape index (κ1) is 28.9. The average molecular weight is 564 g/mol. The van der Waals surface area contributed by atoms with Gasteiger partial charge in [-0.2, -0.15) is 13.2 Å². The Bertz CT molecular complexity index is 1290. The average Bonchev–Trinajstić information content (AvgIpc) is 3.40.